The lowest BCUT2D eigenvalue weighted by atomic mass is 10.2. The van der Waals surface area contributed by atoms with Gasteiger partial charge in [-0.05, 0) is 25.3 Å². The van der Waals surface area contributed by atoms with E-state index < -0.39 is 12.0 Å². The van der Waals surface area contributed by atoms with Crippen molar-refractivity contribution in [1.82, 2.24) is 5.32 Å². The zero-order valence-corrected chi connectivity index (χ0v) is 14.1. The lowest BCUT2D eigenvalue weighted by Crippen LogP contribution is -2.42. The summed E-state index contributed by atoms with van der Waals surface area (Å²) in [6.07, 6.45) is 2.44. The summed E-state index contributed by atoms with van der Waals surface area (Å²) in [6, 6.07) is 7.93. The minimum absolute atomic E-state index is 0.200. The van der Waals surface area contributed by atoms with Crippen LogP contribution >= 0.6 is 25.3 Å². The van der Waals surface area contributed by atoms with E-state index in [0.29, 0.717) is 5.56 Å². The van der Waals surface area contributed by atoms with Gasteiger partial charge in [0.1, 0.15) is 12.3 Å². The largest absolute Gasteiger partial charge is 0.467 e. The van der Waals surface area contributed by atoms with E-state index in [1.807, 2.05) is 6.07 Å². The van der Waals surface area contributed by atoms with Crippen LogP contribution in [-0.4, -0.2) is 43.3 Å². The van der Waals surface area contributed by atoms with Gasteiger partial charge in [0.05, 0.1) is 7.11 Å². The van der Waals surface area contributed by atoms with Crippen molar-refractivity contribution < 1.29 is 19.1 Å². The Bertz CT molecular complexity index is 413. The minimum atomic E-state index is -0.721. The van der Waals surface area contributed by atoms with Gasteiger partial charge in [-0.15, -0.1) is 0 Å². The average Bonchev–Trinajstić information content (AvgIpc) is 2.55. The highest BCUT2D eigenvalue weighted by Crippen LogP contribution is 2.00. The highest BCUT2D eigenvalue weighted by Gasteiger charge is 2.20. The van der Waals surface area contributed by atoms with E-state index >= 15 is 0 Å². The fraction of sp³-hybridized carbons (Fsp3) is 0.357. The number of thiol groups is 2. The molecule has 1 rings (SSSR count). The van der Waals surface area contributed by atoms with Crippen molar-refractivity contribution in [3.05, 3.63) is 35.9 Å². The van der Waals surface area contributed by atoms with Gasteiger partial charge < -0.3 is 14.8 Å². The highest BCUT2D eigenvalue weighted by molar-refractivity contribution is 7.80. The fourth-order valence-corrected chi connectivity index (χ4v) is 1.39. The van der Waals surface area contributed by atoms with Crippen molar-refractivity contribution in [3.63, 3.8) is 0 Å². The second-order valence-electron chi connectivity index (χ2n) is 3.33. The molecule has 1 aromatic rings. The molecule has 5 nitrogen and oxygen atoms in total. The van der Waals surface area contributed by atoms with Gasteiger partial charge in [-0.3, -0.25) is 4.79 Å². The smallest absolute Gasteiger partial charge is 0.329 e. The van der Waals surface area contributed by atoms with E-state index in [1.54, 1.807) is 30.5 Å². The van der Waals surface area contributed by atoms with Crippen LogP contribution in [0.15, 0.2) is 30.3 Å². The molecule has 0 aliphatic heterocycles. The number of nitrogens with one attached hydrogen (secondary N) is 1. The molecule has 0 heterocycles. The number of ether oxygens (including phenoxy) is 1. The lowest BCUT2D eigenvalue weighted by molar-refractivity contribution is -0.142. The first-order valence-electron chi connectivity index (χ1n) is 5.99. The van der Waals surface area contributed by atoms with Crippen molar-refractivity contribution in [2.24, 2.45) is 0 Å². The summed E-state index contributed by atoms with van der Waals surface area (Å²) < 4.78 is 4.54. The lowest BCUT2D eigenvalue weighted by Gasteiger charge is -2.13. The number of aldehydes is 1. The number of rotatable bonds is 4. The zero-order valence-electron chi connectivity index (χ0n) is 12.3. The third-order valence-electron chi connectivity index (χ3n) is 2.01. The van der Waals surface area contributed by atoms with Gasteiger partial charge in [0.15, 0.2) is 0 Å². The third kappa shape index (κ3) is 9.97. The topological polar surface area (TPSA) is 72.5 Å². The molecule has 21 heavy (non-hydrogen) atoms. The van der Waals surface area contributed by atoms with Gasteiger partial charge in [-0.2, -0.15) is 25.3 Å². The maximum Gasteiger partial charge on any atom is 0.329 e. The Morgan fingerprint density at radius 3 is 2.14 bits per heavy atom. The molecular formula is C14H21NO4S2. The summed E-state index contributed by atoms with van der Waals surface area (Å²) in [6.45, 7) is 1.44. The predicted octanol–water partition coefficient (Wildman–Crippen LogP) is 1.64. The van der Waals surface area contributed by atoms with E-state index in [-0.39, 0.29) is 11.7 Å². The molecule has 1 unspecified atom stereocenters. The Kier molecular flexibility index (Phi) is 15.5. The summed E-state index contributed by atoms with van der Waals surface area (Å²) in [4.78, 5) is 31.7. The van der Waals surface area contributed by atoms with E-state index in [0.717, 1.165) is 6.29 Å². The van der Waals surface area contributed by atoms with Crippen molar-refractivity contribution in [3.8, 4) is 0 Å². The van der Waals surface area contributed by atoms with Crippen molar-refractivity contribution in [2.75, 3.05) is 19.1 Å². The predicted molar refractivity (Wildman–Crippen MR) is 90.2 cm³/mol. The summed E-state index contributed by atoms with van der Waals surface area (Å²) in [5.41, 5.74) is 0.498. The van der Waals surface area contributed by atoms with Crippen LogP contribution in [-0.2, 0) is 14.3 Å². The minimum Gasteiger partial charge on any atom is -0.467 e. The number of esters is 1. The van der Waals surface area contributed by atoms with Gasteiger partial charge in [0.25, 0.3) is 5.91 Å². The van der Waals surface area contributed by atoms with Crippen LogP contribution in [0.1, 0.15) is 17.3 Å². The fourth-order valence-electron chi connectivity index (χ4n) is 1.15. The molecule has 0 spiro atoms. The molecule has 7 heteroatoms. The Labute approximate surface area is 136 Å². The number of methoxy groups -OCH3 is 1. The van der Waals surface area contributed by atoms with Crippen molar-refractivity contribution in [2.45, 2.75) is 13.0 Å². The SMILES string of the molecule is CC=O.COC(=O)C(CS)NC(=O)c1ccccc1.CS. The molecule has 0 radical (unpaired) electrons. The third-order valence-corrected chi connectivity index (χ3v) is 2.37. The highest BCUT2D eigenvalue weighted by atomic mass is 32.1. The van der Waals surface area contributed by atoms with Gasteiger partial charge in [0, 0.05) is 11.3 Å². The Balaban J connectivity index is 0. The number of carbonyl (C=O) groups excluding carboxylic acids is 3. The van der Waals surface area contributed by atoms with Crippen LogP contribution in [0.2, 0.25) is 0 Å². The Morgan fingerprint density at radius 2 is 1.76 bits per heavy atom. The second kappa shape index (κ2) is 14.9. The number of hydrogen-bond acceptors (Lipinski definition) is 6. The normalized spacial score (nSPS) is 9.76. The molecule has 0 aliphatic carbocycles. The van der Waals surface area contributed by atoms with Crippen LogP contribution < -0.4 is 5.32 Å². The Morgan fingerprint density at radius 1 is 1.29 bits per heavy atom. The van der Waals surface area contributed by atoms with Gasteiger partial charge in [-0.25, -0.2) is 4.79 Å². The Hall–Kier alpha value is -1.47. The molecule has 1 N–H and O–H groups in total. The molecule has 0 aromatic heterocycles. The van der Waals surface area contributed by atoms with E-state index in [2.05, 4.69) is 35.3 Å². The molecule has 1 atom stereocenters. The average molecular weight is 331 g/mol. The summed E-state index contributed by atoms with van der Waals surface area (Å²) >= 11 is 7.51. The van der Waals surface area contributed by atoms with Crippen molar-refractivity contribution in [1.29, 1.82) is 0 Å². The van der Waals surface area contributed by atoms with Crippen molar-refractivity contribution >= 4 is 43.4 Å². The van der Waals surface area contributed by atoms with Crippen LogP contribution in [0.4, 0.5) is 0 Å². The zero-order chi connectivity index (χ0) is 16.7. The number of amides is 1. The first kappa shape index (κ1) is 21.8. The van der Waals surface area contributed by atoms with Gasteiger partial charge in [0.2, 0.25) is 0 Å². The molecule has 1 amide bonds. The first-order valence-corrected chi connectivity index (χ1v) is 7.52. The number of benzene rings is 1. The van der Waals surface area contributed by atoms with Crippen LogP contribution in [0.3, 0.4) is 0 Å². The molecule has 1 aromatic carbocycles. The quantitative estimate of drug-likeness (QED) is 0.445. The molecule has 118 valence electrons. The molecular weight excluding hydrogens is 310 g/mol. The maximum absolute atomic E-state index is 11.7. The van der Waals surface area contributed by atoms with E-state index in [4.69, 9.17) is 4.79 Å². The van der Waals surface area contributed by atoms with E-state index in [1.165, 1.54) is 14.0 Å². The molecule has 0 fully saturated rings. The number of hydrogen-bond donors (Lipinski definition) is 3. The molecule has 0 aliphatic rings. The van der Waals surface area contributed by atoms with Crippen LogP contribution in [0, 0.1) is 0 Å². The van der Waals surface area contributed by atoms with Crippen LogP contribution in [0.25, 0.3) is 0 Å². The molecule has 0 saturated heterocycles. The van der Waals surface area contributed by atoms with Gasteiger partial charge in [-0.1, -0.05) is 18.2 Å². The van der Waals surface area contributed by atoms with Crippen LogP contribution in [0.5, 0.6) is 0 Å². The summed E-state index contributed by atoms with van der Waals surface area (Å²) in [5.74, 6) is -0.616. The molecule has 0 saturated carbocycles. The first-order chi connectivity index (χ1) is 10.1. The molecule has 0 bridgehead atoms. The number of carbonyl (C=O) groups is 3. The van der Waals surface area contributed by atoms with Gasteiger partial charge >= 0.3 is 5.97 Å². The summed E-state index contributed by atoms with van der Waals surface area (Å²) in [7, 11) is 1.27. The summed E-state index contributed by atoms with van der Waals surface area (Å²) in [5, 5.41) is 2.54. The monoisotopic (exact) mass is 331 g/mol. The standard InChI is InChI=1S/C11H13NO3S.C2H4O.CH4S/c1-15-11(14)9(7-16)12-10(13)8-5-3-2-4-6-8;1-2-3;1-2/h2-6,9,16H,7H2,1H3,(H,12,13);2H,1H3;2H,1H3. The maximum atomic E-state index is 11.7. The second-order valence-corrected chi connectivity index (χ2v) is 3.70. The van der Waals surface area contributed by atoms with E-state index in [9.17, 15) is 9.59 Å².